The lowest BCUT2D eigenvalue weighted by atomic mass is 9.81. The molecule has 1 aliphatic rings. The Balaban J connectivity index is 0.000000997. The molecule has 1 heterocycles. The minimum absolute atomic E-state index is 0.247. The van der Waals surface area contributed by atoms with Crippen LogP contribution < -0.4 is 15.5 Å². The predicted octanol–water partition coefficient (Wildman–Crippen LogP) is 3.03. The number of esters is 1. The largest absolute Gasteiger partial charge is 0.462 e. The zero-order chi connectivity index (χ0) is 21.0. The van der Waals surface area contributed by atoms with Crippen LogP contribution in [0, 0.1) is 5.92 Å². The number of nitrogens with zero attached hydrogens (tertiary/aromatic N) is 1. The Morgan fingerprint density at radius 2 is 1.81 bits per heavy atom. The number of aldehydes is 1. The van der Waals surface area contributed by atoms with E-state index in [1.165, 1.54) is 18.2 Å². The SMILES string of the molecule is CC=O.CCOC(=O)c1ccc2c(c1)[C@H](NC)C(C)[C@H](CC)N2C.CNC. The summed E-state index contributed by atoms with van der Waals surface area (Å²) in [5, 5.41) is 6.16. The summed E-state index contributed by atoms with van der Waals surface area (Å²) in [6.45, 7) is 8.17. The van der Waals surface area contributed by atoms with Crippen molar-refractivity contribution in [3.05, 3.63) is 29.3 Å². The molecule has 2 rings (SSSR count). The van der Waals surface area contributed by atoms with Crippen molar-refractivity contribution >= 4 is 17.9 Å². The first-order valence-electron chi connectivity index (χ1n) is 9.57. The van der Waals surface area contributed by atoms with Gasteiger partial charge in [0.1, 0.15) is 6.29 Å². The summed E-state index contributed by atoms with van der Waals surface area (Å²) in [5.41, 5.74) is 3.02. The van der Waals surface area contributed by atoms with E-state index in [0.29, 0.717) is 24.1 Å². The normalized spacial score (nSPS) is 20.3. The highest BCUT2D eigenvalue weighted by atomic mass is 16.5. The minimum Gasteiger partial charge on any atom is -0.462 e. The molecule has 0 aliphatic carbocycles. The number of hydrogen-bond donors (Lipinski definition) is 2. The van der Waals surface area contributed by atoms with E-state index in [1.54, 1.807) is 0 Å². The van der Waals surface area contributed by atoms with Crippen LogP contribution in [0.4, 0.5) is 5.69 Å². The Morgan fingerprint density at radius 3 is 2.26 bits per heavy atom. The van der Waals surface area contributed by atoms with E-state index in [1.807, 2.05) is 46.3 Å². The first kappa shape index (κ1) is 25.1. The van der Waals surface area contributed by atoms with E-state index in [2.05, 4.69) is 36.4 Å². The van der Waals surface area contributed by atoms with Crippen molar-refractivity contribution in [2.75, 3.05) is 39.7 Å². The Labute approximate surface area is 164 Å². The number of hydrogen-bond acceptors (Lipinski definition) is 6. The molecule has 2 N–H and O–H groups in total. The summed E-state index contributed by atoms with van der Waals surface area (Å²) < 4.78 is 5.11. The quantitative estimate of drug-likeness (QED) is 0.619. The van der Waals surface area contributed by atoms with E-state index in [4.69, 9.17) is 9.53 Å². The van der Waals surface area contributed by atoms with E-state index < -0.39 is 0 Å². The molecule has 0 amide bonds. The second kappa shape index (κ2) is 13.3. The van der Waals surface area contributed by atoms with Gasteiger partial charge in [0.05, 0.1) is 12.2 Å². The predicted molar refractivity (Wildman–Crippen MR) is 113 cm³/mol. The van der Waals surface area contributed by atoms with Gasteiger partial charge in [0.15, 0.2) is 0 Å². The zero-order valence-corrected chi connectivity index (χ0v) is 18.1. The van der Waals surface area contributed by atoms with E-state index in [-0.39, 0.29) is 12.0 Å². The molecule has 0 radical (unpaired) electrons. The Kier molecular flexibility index (Phi) is 12.3. The van der Waals surface area contributed by atoms with Crippen molar-refractivity contribution in [3.8, 4) is 0 Å². The van der Waals surface area contributed by atoms with Gasteiger partial charge in [-0.2, -0.15) is 0 Å². The molecule has 1 aromatic rings. The lowest BCUT2D eigenvalue weighted by Gasteiger charge is -2.44. The molecule has 6 nitrogen and oxygen atoms in total. The number of nitrogens with one attached hydrogen (secondary N) is 2. The van der Waals surface area contributed by atoms with Gasteiger partial charge in [-0.3, -0.25) is 0 Å². The first-order chi connectivity index (χ1) is 12.9. The molecule has 1 unspecified atom stereocenters. The molecule has 27 heavy (non-hydrogen) atoms. The first-order valence-corrected chi connectivity index (χ1v) is 9.57. The molecule has 3 atom stereocenters. The molecule has 6 heteroatoms. The zero-order valence-electron chi connectivity index (χ0n) is 18.1. The molecular weight excluding hydrogens is 342 g/mol. The highest BCUT2D eigenvalue weighted by molar-refractivity contribution is 5.90. The number of carbonyl (C=O) groups excluding carboxylic acids is 2. The fourth-order valence-electron chi connectivity index (χ4n) is 3.57. The summed E-state index contributed by atoms with van der Waals surface area (Å²) in [7, 11) is 7.87. The lowest BCUT2D eigenvalue weighted by Crippen LogP contribution is -2.46. The molecular formula is C21H37N3O3. The summed E-state index contributed by atoms with van der Waals surface area (Å²) in [5.74, 6) is 0.234. The molecule has 1 aliphatic heterocycles. The van der Waals surface area contributed by atoms with Gasteiger partial charge in [-0.25, -0.2) is 4.79 Å². The van der Waals surface area contributed by atoms with Crippen LogP contribution in [0.2, 0.25) is 0 Å². The smallest absolute Gasteiger partial charge is 0.338 e. The third kappa shape index (κ3) is 6.63. The highest BCUT2D eigenvalue weighted by Gasteiger charge is 2.35. The van der Waals surface area contributed by atoms with Crippen LogP contribution in [0.25, 0.3) is 0 Å². The maximum atomic E-state index is 12.0. The van der Waals surface area contributed by atoms with E-state index in [9.17, 15) is 4.79 Å². The molecule has 0 saturated carbocycles. The summed E-state index contributed by atoms with van der Waals surface area (Å²) >= 11 is 0. The van der Waals surface area contributed by atoms with Crippen LogP contribution in [0.15, 0.2) is 18.2 Å². The average Bonchev–Trinajstić information content (AvgIpc) is 2.63. The lowest BCUT2D eigenvalue weighted by molar-refractivity contribution is -0.106. The molecule has 0 saturated heterocycles. The Bertz CT molecular complexity index is 578. The maximum Gasteiger partial charge on any atom is 0.338 e. The average molecular weight is 380 g/mol. The molecule has 0 aromatic heterocycles. The van der Waals surface area contributed by atoms with Crippen LogP contribution in [0.3, 0.4) is 0 Å². The summed E-state index contributed by atoms with van der Waals surface area (Å²) in [4.78, 5) is 23.1. The van der Waals surface area contributed by atoms with Crippen LogP contribution >= 0.6 is 0 Å². The van der Waals surface area contributed by atoms with Crippen molar-refractivity contribution in [2.24, 2.45) is 5.92 Å². The number of fused-ring (bicyclic) bond motifs is 1. The van der Waals surface area contributed by atoms with Gasteiger partial charge in [-0.05, 0) is 71.1 Å². The highest BCUT2D eigenvalue weighted by Crippen LogP contribution is 2.41. The molecule has 0 fully saturated rings. The van der Waals surface area contributed by atoms with Gasteiger partial charge in [-0.15, -0.1) is 0 Å². The van der Waals surface area contributed by atoms with Gasteiger partial charge in [0.2, 0.25) is 0 Å². The Hall–Kier alpha value is -1.92. The number of ether oxygens (including phenoxy) is 1. The maximum absolute atomic E-state index is 12.0. The van der Waals surface area contributed by atoms with Gasteiger partial charge < -0.3 is 25.1 Å². The van der Waals surface area contributed by atoms with E-state index in [0.717, 1.165) is 12.7 Å². The van der Waals surface area contributed by atoms with Crippen molar-refractivity contribution in [1.82, 2.24) is 10.6 Å². The minimum atomic E-state index is -0.247. The molecule has 0 spiro atoms. The van der Waals surface area contributed by atoms with Gasteiger partial charge >= 0.3 is 5.97 Å². The van der Waals surface area contributed by atoms with Crippen LogP contribution in [-0.2, 0) is 9.53 Å². The van der Waals surface area contributed by atoms with E-state index >= 15 is 0 Å². The number of carbonyl (C=O) groups is 2. The Morgan fingerprint density at radius 1 is 1.26 bits per heavy atom. The third-order valence-electron chi connectivity index (χ3n) is 4.61. The fourth-order valence-corrected chi connectivity index (χ4v) is 3.57. The third-order valence-corrected chi connectivity index (χ3v) is 4.61. The summed E-state index contributed by atoms with van der Waals surface area (Å²) in [6.07, 6.45) is 1.86. The van der Waals surface area contributed by atoms with Crippen LogP contribution in [0.5, 0.6) is 0 Å². The fraction of sp³-hybridized carbons (Fsp3) is 0.619. The molecule has 154 valence electrons. The topological polar surface area (TPSA) is 70.7 Å². The second-order valence-corrected chi connectivity index (χ2v) is 6.44. The number of benzene rings is 1. The number of anilines is 1. The molecule has 0 bridgehead atoms. The monoisotopic (exact) mass is 379 g/mol. The van der Waals surface area contributed by atoms with Crippen LogP contribution in [0.1, 0.15) is 56.1 Å². The second-order valence-electron chi connectivity index (χ2n) is 6.44. The van der Waals surface area contributed by atoms with Crippen molar-refractivity contribution in [3.63, 3.8) is 0 Å². The van der Waals surface area contributed by atoms with Crippen molar-refractivity contribution < 1.29 is 14.3 Å². The standard InChI is InChI=1S/C17H26N2O2.C2H7N.C2H4O/c1-6-14-11(3)16(18-4)13-10-12(17(20)21-7-2)8-9-15(13)19(14)5;1-3-2;1-2-3/h8-11,14,16,18H,6-7H2,1-5H3;3H,1-2H3;2H,1H3/t11?,14-,16+;;/m0../s1. The molecule has 1 aromatic carbocycles. The van der Waals surface area contributed by atoms with Gasteiger partial charge in [0, 0.05) is 24.8 Å². The van der Waals surface area contributed by atoms with Gasteiger partial charge in [0.25, 0.3) is 0 Å². The number of rotatable bonds is 4. The van der Waals surface area contributed by atoms with Crippen LogP contribution in [-0.4, -0.2) is 53.1 Å². The van der Waals surface area contributed by atoms with Crippen molar-refractivity contribution in [1.29, 1.82) is 0 Å². The van der Waals surface area contributed by atoms with Crippen molar-refractivity contribution in [2.45, 2.75) is 46.2 Å². The summed E-state index contributed by atoms with van der Waals surface area (Å²) in [6, 6.07) is 6.65. The van der Waals surface area contributed by atoms with Gasteiger partial charge in [-0.1, -0.05) is 13.8 Å².